The molecule has 0 atom stereocenters. The van der Waals surface area contributed by atoms with Crippen LogP contribution >= 0.6 is 0 Å². The largest absolute Gasteiger partial charge is 0.504 e. The lowest BCUT2D eigenvalue weighted by Crippen LogP contribution is -2.09. The highest BCUT2D eigenvalue weighted by atomic mass is 16.3. The number of nitrogens with one attached hydrogen (secondary N) is 1. The van der Waals surface area contributed by atoms with Crippen LogP contribution in [0.2, 0.25) is 0 Å². The number of amidine groups is 1. The molecular formula is C11H10N2O3. The Morgan fingerprint density at radius 2 is 1.88 bits per heavy atom. The second kappa shape index (κ2) is 3.62. The molecule has 2 rings (SSSR count). The maximum absolute atomic E-state index is 9.32. The second-order valence-corrected chi connectivity index (χ2v) is 3.28. The van der Waals surface area contributed by atoms with Gasteiger partial charge in [0.25, 0.3) is 0 Å². The Balaban J connectivity index is 2.42. The number of phenols is 2. The number of benzene rings is 1. The van der Waals surface area contributed by atoms with Crippen molar-refractivity contribution in [2.24, 2.45) is 5.73 Å². The van der Waals surface area contributed by atoms with Crippen molar-refractivity contribution in [2.45, 2.75) is 0 Å². The summed E-state index contributed by atoms with van der Waals surface area (Å²) >= 11 is 0. The van der Waals surface area contributed by atoms with Gasteiger partial charge in [-0.1, -0.05) is 0 Å². The maximum atomic E-state index is 9.32. The molecule has 2 aromatic rings. The molecule has 0 amide bonds. The van der Waals surface area contributed by atoms with Gasteiger partial charge in [0, 0.05) is 5.56 Å². The van der Waals surface area contributed by atoms with Crippen LogP contribution in [0, 0.1) is 5.41 Å². The highest BCUT2D eigenvalue weighted by Gasteiger charge is 2.08. The Morgan fingerprint density at radius 1 is 1.12 bits per heavy atom. The van der Waals surface area contributed by atoms with Gasteiger partial charge in [-0.05, 0) is 30.3 Å². The number of nitrogens with two attached hydrogens (primary N) is 1. The molecule has 5 nitrogen and oxygen atoms in total. The minimum atomic E-state index is -0.224. The SMILES string of the molecule is N=C(N)c1ccc(-c2ccc(O)c(O)c2)o1. The molecular weight excluding hydrogens is 208 g/mol. The number of hydrogen-bond acceptors (Lipinski definition) is 4. The molecule has 0 aliphatic carbocycles. The fourth-order valence-corrected chi connectivity index (χ4v) is 1.31. The highest BCUT2D eigenvalue weighted by molar-refractivity contribution is 5.92. The average molecular weight is 218 g/mol. The van der Waals surface area contributed by atoms with Crippen molar-refractivity contribution in [1.29, 1.82) is 5.41 Å². The molecule has 1 aromatic carbocycles. The Morgan fingerprint density at radius 3 is 2.44 bits per heavy atom. The van der Waals surface area contributed by atoms with Gasteiger partial charge < -0.3 is 20.4 Å². The molecule has 5 N–H and O–H groups in total. The number of aromatic hydroxyl groups is 2. The number of rotatable bonds is 2. The summed E-state index contributed by atoms with van der Waals surface area (Å²) in [6.07, 6.45) is 0. The predicted molar refractivity (Wildman–Crippen MR) is 58.5 cm³/mol. The first-order chi connectivity index (χ1) is 7.58. The fourth-order valence-electron chi connectivity index (χ4n) is 1.31. The lowest BCUT2D eigenvalue weighted by molar-refractivity contribution is 0.404. The molecule has 5 heteroatoms. The molecule has 82 valence electrons. The van der Waals surface area contributed by atoms with Gasteiger partial charge in [0.2, 0.25) is 0 Å². The summed E-state index contributed by atoms with van der Waals surface area (Å²) in [5.74, 6) is 0.165. The van der Waals surface area contributed by atoms with Crippen LogP contribution in [0.15, 0.2) is 34.7 Å². The molecule has 0 saturated heterocycles. The smallest absolute Gasteiger partial charge is 0.168 e. The van der Waals surface area contributed by atoms with E-state index >= 15 is 0 Å². The molecule has 1 aromatic heterocycles. The normalized spacial score (nSPS) is 10.2. The molecule has 0 radical (unpaired) electrons. The quantitative estimate of drug-likeness (QED) is 0.349. The molecule has 0 unspecified atom stereocenters. The summed E-state index contributed by atoms with van der Waals surface area (Å²) in [7, 11) is 0. The topological polar surface area (TPSA) is 103 Å². The van der Waals surface area contributed by atoms with E-state index in [0.29, 0.717) is 11.3 Å². The molecule has 0 aliphatic heterocycles. The Bertz CT molecular complexity index is 546. The van der Waals surface area contributed by atoms with Gasteiger partial charge in [0.1, 0.15) is 5.76 Å². The van der Waals surface area contributed by atoms with Crippen molar-refractivity contribution in [3.63, 3.8) is 0 Å². The molecule has 16 heavy (non-hydrogen) atoms. The van der Waals surface area contributed by atoms with Gasteiger partial charge in [0.15, 0.2) is 23.1 Å². The fraction of sp³-hybridized carbons (Fsp3) is 0. The number of nitrogen functional groups attached to an aromatic ring is 1. The lowest BCUT2D eigenvalue weighted by Gasteiger charge is -2.00. The van der Waals surface area contributed by atoms with Crippen molar-refractivity contribution in [3.8, 4) is 22.8 Å². The number of furan rings is 1. The highest BCUT2D eigenvalue weighted by Crippen LogP contribution is 2.31. The molecule has 0 aliphatic rings. The lowest BCUT2D eigenvalue weighted by atomic mass is 10.1. The Labute approximate surface area is 91.3 Å². The third-order valence-electron chi connectivity index (χ3n) is 2.13. The predicted octanol–water partition coefficient (Wildman–Crippen LogP) is 1.64. The van der Waals surface area contributed by atoms with E-state index in [-0.39, 0.29) is 23.1 Å². The minimum absolute atomic E-state index is 0.158. The van der Waals surface area contributed by atoms with E-state index in [2.05, 4.69) is 0 Å². The molecule has 0 spiro atoms. The van der Waals surface area contributed by atoms with Crippen LogP contribution in [0.25, 0.3) is 11.3 Å². The monoisotopic (exact) mass is 218 g/mol. The summed E-state index contributed by atoms with van der Waals surface area (Å²) in [5.41, 5.74) is 5.86. The van der Waals surface area contributed by atoms with Crippen molar-refractivity contribution in [3.05, 3.63) is 36.1 Å². The number of hydrogen-bond donors (Lipinski definition) is 4. The zero-order valence-corrected chi connectivity index (χ0v) is 8.27. The van der Waals surface area contributed by atoms with E-state index < -0.39 is 0 Å². The van der Waals surface area contributed by atoms with E-state index in [1.54, 1.807) is 18.2 Å². The van der Waals surface area contributed by atoms with Gasteiger partial charge in [-0.25, -0.2) is 0 Å². The van der Waals surface area contributed by atoms with Crippen molar-refractivity contribution >= 4 is 5.84 Å². The van der Waals surface area contributed by atoms with E-state index in [0.717, 1.165) is 0 Å². The van der Waals surface area contributed by atoms with Gasteiger partial charge in [-0.3, -0.25) is 5.41 Å². The summed E-state index contributed by atoms with van der Waals surface area (Å²) < 4.78 is 5.28. The first-order valence-corrected chi connectivity index (χ1v) is 4.54. The van der Waals surface area contributed by atoms with E-state index in [4.69, 9.17) is 20.7 Å². The van der Waals surface area contributed by atoms with Crippen LogP contribution in [-0.2, 0) is 0 Å². The average Bonchev–Trinajstić information content (AvgIpc) is 2.71. The van der Waals surface area contributed by atoms with Crippen molar-refractivity contribution < 1.29 is 14.6 Å². The van der Waals surface area contributed by atoms with Crippen LogP contribution in [-0.4, -0.2) is 16.0 Å². The van der Waals surface area contributed by atoms with E-state index in [1.807, 2.05) is 0 Å². The van der Waals surface area contributed by atoms with Gasteiger partial charge >= 0.3 is 0 Å². The van der Waals surface area contributed by atoms with Gasteiger partial charge in [0.05, 0.1) is 0 Å². The molecule has 1 heterocycles. The molecule has 0 saturated carbocycles. The van der Waals surface area contributed by atoms with Crippen LogP contribution in [0.5, 0.6) is 11.5 Å². The first kappa shape index (κ1) is 10.1. The van der Waals surface area contributed by atoms with Crippen molar-refractivity contribution in [2.75, 3.05) is 0 Å². The van der Waals surface area contributed by atoms with Crippen LogP contribution < -0.4 is 5.73 Å². The van der Waals surface area contributed by atoms with E-state index in [9.17, 15) is 5.11 Å². The Hall–Kier alpha value is -2.43. The summed E-state index contributed by atoms with van der Waals surface area (Å²) in [6.45, 7) is 0. The summed E-state index contributed by atoms with van der Waals surface area (Å²) in [5, 5.41) is 25.7. The first-order valence-electron chi connectivity index (χ1n) is 4.54. The van der Waals surface area contributed by atoms with Gasteiger partial charge in [-0.2, -0.15) is 0 Å². The van der Waals surface area contributed by atoms with Crippen LogP contribution in [0.4, 0.5) is 0 Å². The standard InChI is InChI=1S/C11H10N2O3/c12-11(13)10-4-3-9(16-10)6-1-2-7(14)8(15)5-6/h1-5,14-15H,(H3,12,13). The van der Waals surface area contributed by atoms with Crippen molar-refractivity contribution in [1.82, 2.24) is 0 Å². The zero-order valence-electron chi connectivity index (χ0n) is 8.27. The van der Waals surface area contributed by atoms with E-state index in [1.165, 1.54) is 12.1 Å². The molecule has 0 bridgehead atoms. The summed E-state index contributed by atoms with van der Waals surface area (Å²) in [6, 6.07) is 7.54. The van der Waals surface area contributed by atoms with Gasteiger partial charge in [-0.15, -0.1) is 0 Å². The maximum Gasteiger partial charge on any atom is 0.168 e. The van der Waals surface area contributed by atoms with Crippen LogP contribution in [0.1, 0.15) is 5.76 Å². The zero-order chi connectivity index (χ0) is 11.7. The third-order valence-corrected chi connectivity index (χ3v) is 2.13. The summed E-state index contributed by atoms with van der Waals surface area (Å²) in [4.78, 5) is 0. The third kappa shape index (κ3) is 1.70. The Kier molecular flexibility index (Phi) is 2.28. The minimum Gasteiger partial charge on any atom is -0.504 e. The second-order valence-electron chi connectivity index (χ2n) is 3.28. The molecule has 0 fully saturated rings. The number of phenolic OH excluding ortho intramolecular Hbond substituents is 2. The van der Waals surface area contributed by atoms with Crippen LogP contribution in [0.3, 0.4) is 0 Å².